The predicted molar refractivity (Wildman–Crippen MR) is 165 cm³/mol. The lowest BCUT2D eigenvalue weighted by Gasteiger charge is -2.19. The highest BCUT2D eigenvalue weighted by molar-refractivity contribution is 6.06. The van der Waals surface area contributed by atoms with Crippen molar-refractivity contribution in [1.82, 2.24) is 0 Å². The van der Waals surface area contributed by atoms with Gasteiger partial charge in [0.1, 0.15) is 23.7 Å². The number of aryl methyl sites for hydroxylation is 2. The minimum atomic E-state index is -0.559. The van der Waals surface area contributed by atoms with E-state index in [0.29, 0.717) is 40.7 Å². The highest BCUT2D eigenvalue weighted by Crippen LogP contribution is 2.37. The van der Waals surface area contributed by atoms with Crippen LogP contribution in [0.15, 0.2) is 43.0 Å². The third kappa shape index (κ3) is 7.13. The SMILES string of the molecule is C=C(CC(=N)c1cc(C)cc(C=O)c1C)c1c(C)c(F)c(-c2cccc(CCC(=O)C(C)CCCC)c2)c(C)c1F. The number of rotatable bonds is 13. The minimum Gasteiger partial charge on any atom is -0.304 e. The standard InChI is InChI=1S/C36H41F2NO2/c1-8-9-11-22(3)32(41)15-14-27-12-10-13-28(19-27)34-26(7)35(37)33(25(6)36(34)38)23(4)18-31(39)30-17-21(2)16-29(20-40)24(30)5/h10,12-13,16-17,19-20,22,39H,4,8-9,11,14-15,18H2,1-3,5-7H3. The summed E-state index contributed by atoms with van der Waals surface area (Å²) in [7, 11) is 0. The lowest BCUT2D eigenvalue weighted by Crippen LogP contribution is -2.11. The van der Waals surface area contributed by atoms with Crippen LogP contribution < -0.4 is 0 Å². The van der Waals surface area contributed by atoms with Crippen LogP contribution in [0.25, 0.3) is 16.7 Å². The second-order valence-corrected chi connectivity index (χ2v) is 11.2. The molecule has 0 radical (unpaired) electrons. The molecule has 0 heterocycles. The van der Waals surface area contributed by atoms with Crippen molar-refractivity contribution in [3.63, 3.8) is 0 Å². The van der Waals surface area contributed by atoms with Gasteiger partial charge < -0.3 is 5.41 Å². The number of carbonyl (C=O) groups excluding carboxylic acids is 2. The first-order valence-electron chi connectivity index (χ1n) is 14.3. The summed E-state index contributed by atoms with van der Waals surface area (Å²) in [4.78, 5) is 24.0. The number of aldehydes is 1. The summed E-state index contributed by atoms with van der Waals surface area (Å²) in [5, 5.41) is 8.68. The van der Waals surface area contributed by atoms with Crippen molar-refractivity contribution in [1.29, 1.82) is 5.41 Å². The summed E-state index contributed by atoms with van der Waals surface area (Å²) in [6.45, 7) is 14.8. The van der Waals surface area contributed by atoms with Crippen molar-refractivity contribution < 1.29 is 18.4 Å². The maximum Gasteiger partial charge on any atom is 0.150 e. The van der Waals surface area contributed by atoms with Gasteiger partial charge in [0.25, 0.3) is 0 Å². The molecule has 0 spiro atoms. The Hall–Kier alpha value is -3.73. The molecule has 3 aromatic rings. The maximum absolute atomic E-state index is 15.9. The summed E-state index contributed by atoms with van der Waals surface area (Å²) < 4.78 is 31.9. The van der Waals surface area contributed by atoms with E-state index in [2.05, 4.69) is 13.5 Å². The van der Waals surface area contributed by atoms with E-state index >= 15 is 8.78 Å². The highest BCUT2D eigenvalue weighted by Gasteiger charge is 2.24. The Kier molecular flexibility index (Phi) is 10.7. The molecule has 3 rings (SSSR count). The van der Waals surface area contributed by atoms with Crippen molar-refractivity contribution >= 4 is 23.4 Å². The fourth-order valence-corrected chi connectivity index (χ4v) is 5.47. The smallest absolute Gasteiger partial charge is 0.150 e. The van der Waals surface area contributed by atoms with Gasteiger partial charge in [-0.15, -0.1) is 0 Å². The normalized spacial score (nSPS) is 11.8. The summed E-state index contributed by atoms with van der Waals surface area (Å²) in [5.41, 5.74) is 5.16. The fraction of sp³-hybridized carbons (Fsp3) is 0.361. The molecule has 0 aliphatic carbocycles. The number of ketones is 1. The van der Waals surface area contributed by atoms with E-state index in [1.54, 1.807) is 26.0 Å². The molecular weight excluding hydrogens is 516 g/mol. The molecule has 1 atom stereocenters. The van der Waals surface area contributed by atoms with E-state index in [4.69, 9.17) is 5.41 Å². The predicted octanol–water partition coefficient (Wildman–Crippen LogP) is 9.48. The van der Waals surface area contributed by atoms with Crippen LogP contribution in [0.3, 0.4) is 0 Å². The van der Waals surface area contributed by atoms with E-state index in [1.807, 2.05) is 38.1 Å². The van der Waals surface area contributed by atoms with E-state index in [-0.39, 0.29) is 46.1 Å². The van der Waals surface area contributed by atoms with Crippen LogP contribution in [0.5, 0.6) is 0 Å². The number of unbranched alkanes of at least 4 members (excludes halogenated alkanes) is 1. The number of nitrogens with one attached hydrogen (secondary N) is 1. The zero-order chi connectivity index (χ0) is 30.4. The van der Waals surface area contributed by atoms with Gasteiger partial charge >= 0.3 is 0 Å². The Morgan fingerprint density at radius 1 is 1.02 bits per heavy atom. The highest BCUT2D eigenvalue weighted by atomic mass is 19.1. The quantitative estimate of drug-likeness (QED) is 0.168. The molecule has 0 saturated heterocycles. The Morgan fingerprint density at radius 2 is 1.73 bits per heavy atom. The van der Waals surface area contributed by atoms with E-state index in [0.717, 1.165) is 36.7 Å². The summed E-state index contributed by atoms with van der Waals surface area (Å²) >= 11 is 0. The molecule has 5 heteroatoms. The third-order valence-corrected chi connectivity index (χ3v) is 8.05. The average molecular weight is 558 g/mol. The minimum absolute atomic E-state index is 0.0127. The zero-order valence-corrected chi connectivity index (χ0v) is 25.1. The van der Waals surface area contributed by atoms with Crippen molar-refractivity contribution in [2.45, 2.75) is 80.1 Å². The molecule has 0 fully saturated rings. The van der Waals surface area contributed by atoms with Gasteiger partial charge in [-0.2, -0.15) is 0 Å². The van der Waals surface area contributed by atoms with Crippen molar-refractivity contribution in [2.75, 3.05) is 0 Å². The van der Waals surface area contributed by atoms with Gasteiger partial charge in [0.05, 0.1) is 0 Å². The second kappa shape index (κ2) is 13.8. The van der Waals surface area contributed by atoms with Crippen molar-refractivity contribution in [2.24, 2.45) is 5.92 Å². The van der Waals surface area contributed by atoms with E-state index in [1.165, 1.54) is 6.92 Å². The van der Waals surface area contributed by atoms with Gasteiger partial charge in [-0.05, 0) is 97.2 Å². The van der Waals surface area contributed by atoms with Gasteiger partial charge in [-0.1, -0.05) is 57.5 Å². The zero-order valence-electron chi connectivity index (χ0n) is 25.1. The largest absolute Gasteiger partial charge is 0.304 e. The molecule has 41 heavy (non-hydrogen) atoms. The Bertz CT molecular complexity index is 1470. The topological polar surface area (TPSA) is 58.0 Å². The lowest BCUT2D eigenvalue weighted by molar-refractivity contribution is -0.122. The van der Waals surface area contributed by atoms with Gasteiger partial charge in [0.15, 0.2) is 0 Å². The van der Waals surface area contributed by atoms with Crippen LogP contribution in [0.2, 0.25) is 0 Å². The van der Waals surface area contributed by atoms with E-state index in [9.17, 15) is 9.59 Å². The first-order chi connectivity index (χ1) is 19.4. The number of benzene rings is 3. The Morgan fingerprint density at radius 3 is 2.39 bits per heavy atom. The molecule has 1 N–H and O–H groups in total. The monoisotopic (exact) mass is 557 g/mol. The number of hydrogen-bond acceptors (Lipinski definition) is 3. The van der Waals surface area contributed by atoms with Gasteiger partial charge in [-0.3, -0.25) is 9.59 Å². The summed E-state index contributed by atoms with van der Waals surface area (Å²) in [6.07, 6.45) is 4.72. The number of hydrogen-bond donors (Lipinski definition) is 1. The van der Waals surface area contributed by atoms with Crippen LogP contribution in [0.4, 0.5) is 8.78 Å². The molecule has 0 aliphatic heterocycles. The molecule has 3 nitrogen and oxygen atoms in total. The summed E-state index contributed by atoms with van der Waals surface area (Å²) in [6, 6.07) is 10.9. The van der Waals surface area contributed by atoms with Crippen molar-refractivity contribution in [3.05, 3.63) is 99.1 Å². The molecule has 0 aliphatic rings. The fourth-order valence-electron chi connectivity index (χ4n) is 5.47. The van der Waals surface area contributed by atoms with Crippen LogP contribution in [-0.4, -0.2) is 17.8 Å². The number of Topliss-reactive ketones (excluding diaryl/α,β-unsaturated/α-hetero) is 1. The third-order valence-electron chi connectivity index (χ3n) is 8.05. The van der Waals surface area contributed by atoms with Crippen LogP contribution in [0.1, 0.15) is 95.3 Å². The Labute approximate surface area is 243 Å². The van der Waals surface area contributed by atoms with Gasteiger partial charge in [-0.25, -0.2) is 8.78 Å². The first kappa shape index (κ1) is 31.8. The van der Waals surface area contributed by atoms with Gasteiger partial charge in [0, 0.05) is 41.2 Å². The van der Waals surface area contributed by atoms with E-state index < -0.39 is 11.6 Å². The molecule has 1 unspecified atom stereocenters. The van der Waals surface area contributed by atoms with Crippen LogP contribution in [-0.2, 0) is 11.2 Å². The number of carbonyl (C=O) groups is 2. The second-order valence-electron chi connectivity index (χ2n) is 11.2. The molecule has 0 amide bonds. The molecule has 216 valence electrons. The maximum atomic E-state index is 15.9. The number of allylic oxidation sites excluding steroid dienone is 1. The van der Waals surface area contributed by atoms with Crippen LogP contribution in [0, 0.1) is 50.7 Å². The summed E-state index contributed by atoms with van der Waals surface area (Å²) in [5.74, 6) is -0.831. The average Bonchev–Trinajstić information content (AvgIpc) is 2.94. The van der Waals surface area contributed by atoms with Gasteiger partial charge in [0.2, 0.25) is 0 Å². The molecule has 0 bridgehead atoms. The number of halogens is 2. The molecular formula is C36H41F2NO2. The molecule has 0 aromatic heterocycles. The first-order valence-corrected chi connectivity index (χ1v) is 14.3. The Balaban J connectivity index is 1.89. The van der Waals surface area contributed by atoms with Crippen LogP contribution >= 0.6 is 0 Å². The molecule has 0 saturated carbocycles. The van der Waals surface area contributed by atoms with Crippen molar-refractivity contribution in [3.8, 4) is 11.1 Å². The molecule has 3 aromatic carbocycles. The lowest BCUT2D eigenvalue weighted by atomic mass is 9.87.